The Hall–Kier alpha value is -1.95. The highest BCUT2D eigenvalue weighted by Crippen LogP contribution is 2.36. The van der Waals surface area contributed by atoms with E-state index in [1.807, 2.05) is 0 Å². The van der Waals surface area contributed by atoms with Crippen molar-refractivity contribution >= 4 is 37.5 Å². The molecule has 1 saturated heterocycles. The second-order valence-electron chi connectivity index (χ2n) is 6.19. The van der Waals surface area contributed by atoms with Crippen molar-refractivity contribution in [1.29, 1.82) is 0 Å². The van der Waals surface area contributed by atoms with E-state index in [-0.39, 0.29) is 46.9 Å². The van der Waals surface area contributed by atoms with Crippen molar-refractivity contribution < 1.29 is 31.1 Å². The number of benzene rings is 2. The number of rotatable bonds is 4. The first-order valence-electron chi connectivity index (χ1n) is 8.45. The summed E-state index contributed by atoms with van der Waals surface area (Å²) in [6.07, 6.45) is -4.59. The Labute approximate surface area is 173 Å². The zero-order valence-corrected chi connectivity index (χ0v) is 17.3. The molecule has 0 atom stereocenters. The first-order valence-corrected chi connectivity index (χ1v) is 10.7. The van der Waals surface area contributed by atoms with Crippen LogP contribution in [0.1, 0.15) is 15.9 Å². The maximum Gasteiger partial charge on any atom is 0.417 e. The van der Waals surface area contributed by atoms with Crippen LogP contribution in [0.15, 0.2) is 51.8 Å². The molecule has 29 heavy (non-hydrogen) atoms. The zero-order chi connectivity index (χ0) is 21.2. The number of hydrogen-bond acceptors (Lipinski definition) is 4. The van der Waals surface area contributed by atoms with Crippen molar-refractivity contribution in [1.82, 2.24) is 4.31 Å². The molecule has 156 valence electrons. The summed E-state index contributed by atoms with van der Waals surface area (Å²) in [6.45, 7) is 0.977. The molecule has 1 amide bonds. The molecule has 3 rings (SSSR count). The van der Waals surface area contributed by atoms with Crippen molar-refractivity contribution in [3.63, 3.8) is 0 Å². The largest absolute Gasteiger partial charge is 0.417 e. The van der Waals surface area contributed by atoms with Crippen LogP contribution in [0.3, 0.4) is 0 Å². The number of carbonyl (C=O) groups excluding carboxylic acids is 1. The van der Waals surface area contributed by atoms with Crippen molar-refractivity contribution in [2.75, 3.05) is 31.6 Å². The van der Waals surface area contributed by atoms with Crippen LogP contribution in [0.4, 0.5) is 18.9 Å². The van der Waals surface area contributed by atoms with Crippen LogP contribution in [-0.4, -0.2) is 44.9 Å². The molecule has 2 aromatic carbocycles. The van der Waals surface area contributed by atoms with Crippen LogP contribution in [0.2, 0.25) is 0 Å². The number of morpholine rings is 1. The molecular formula is C18H16BrF3N2O4S. The summed E-state index contributed by atoms with van der Waals surface area (Å²) in [5, 5.41) is 2.37. The first kappa shape index (κ1) is 21.8. The molecule has 1 fully saturated rings. The van der Waals surface area contributed by atoms with Crippen molar-refractivity contribution in [3.05, 3.63) is 58.1 Å². The Balaban J connectivity index is 1.83. The van der Waals surface area contributed by atoms with E-state index >= 15 is 0 Å². The van der Waals surface area contributed by atoms with Gasteiger partial charge in [-0.1, -0.05) is 22.0 Å². The second-order valence-corrected chi connectivity index (χ2v) is 8.98. The van der Waals surface area contributed by atoms with Crippen LogP contribution in [0, 0.1) is 0 Å². The van der Waals surface area contributed by atoms with Crippen LogP contribution < -0.4 is 5.32 Å². The van der Waals surface area contributed by atoms with Gasteiger partial charge in [-0.3, -0.25) is 4.79 Å². The highest BCUT2D eigenvalue weighted by atomic mass is 79.9. The van der Waals surface area contributed by atoms with Crippen molar-refractivity contribution in [3.8, 4) is 0 Å². The molecule has 0 unspecified atom stereocenters. The predicted molar refractivity (Wildman–Crippen MR) is 103 cm³/mol. The van der Waals surface area contributed by atoms with Gasteiger partial charge in [0.05, 0.1) is 23.7 Å². The molecule has 0 saturated carbocycles. The number of amides is 1. The summed E-state index contributed by atoms with van der Waals surface area (Å²) in [6, 6.07) is 8.65. The van der Waals surface area contributed by atoms with Gasteiger partial charge in [-0.15, -0.1) is 0 Å². The molecule has 1 N–H and O–H groups in total. The average molecular weight is 493 g/mol. The summed E-state index contributed by atoms with van der Waals surface area (Å²) >= 11 is 2.83. The lowest BCUT2D eigenvalue weighted by Crippen LogP contribution is -2.40. The second kappa shape index (κ2) is 8.42. The van der Waals surface area contributed by atoms with Crippen molar-refractivity contribution in [2.45, 2.75) is 11.1 Å². The number of sulfonamides is 1. The Morgan fingerprint density at radius 1 is 1.10 bits per heavy atom. The molecule has 0 aromatic heterocycles. The predicted octanol–water partition coefficient (Wildman–Crippen LogP) is 3.74. The van der Waals surface area contributed by atoms with Gasteiger partial charge in [0.25, 0.3) is 5.91 Å². The summed E-state index contributed by atoms with van der Waals surface area (Å²) in [5.41, 5.74) is -0.985. The van der Waals surface area contributed by atoms with Crippen LogP contribution in [0.5, 0.6) is 0 Å². The van der Waals surface area contributed by atoms with Crippen LogP contribution in [0.25, 0.3) is 0 Å². The molecule has 6 nitrogen and oxygen atoms in total. The van der Waals surface area contributed by atoms with E-state index in [0.717, 1.165) is 6.07 Å². The van der Waals surface area contributed by atoms with Crippen LogP contribution >= 0.6 is 15.9 Å². The normalized spacial score (nSPS) is 15.9. The number of ether oxygens (including phenoxy) is 1. The third-order valence-corrected chi connectivity index (χ3v) is 6.82. The molecule has 1 aliphatic rings. The number of anilines is 1. The van der Waals surface area contributed by atoms with Gasteiger partial charge >= 0.3 is 6.18 Å². The smallest absolute Gasteiger partial charge is 0.379 e. The number of halogens is 4. The summed E-state index contributed by atoms with van der Waals surface area (Å²) in [5.74, 6) is -0.723. The maximum atomic E-state index is 13.0. The minimum Gasteiger partial charge on any atom is -0.379 e. The fraction of sp³-hybridized carbons (Fsp3) is 0.278. The molecule has 0 bridgehead atoms. The molecule has 1 aliphatic heterocycles. The third kappa shape index (κ3) is 4.97. The standard InChI is InChI=1S/C18H16BrF3N2O4S/c19-16-5-4-13(11-15(16)18(20,21)22)23-17(25)12-2-1-3-14(10-12)29(26,27)24-6-8-28-9-7-24/h1-5,10-11H,6-9H2,(H,23,25). The minimum absolute atomic E-state index is 0.0100. The lowest BCUT2D eigenvalue weighted by molar-refractivity contribution is -0.138. The molecule has 0 spiro atoms. The lowest BCUT2D eigenvalue weighted by atomic mass is 10.1. The summed E-state index contributed by atoms with van der Waals surface area (Å²) < 4.78 is 70.8. The number of carbonyl (C=O) groups is 1. The van der Waals surface area contributed by atoms with E-state index in [0.29, 0.717) is 0 Å². The molecule has 1 heterocycles. The van der Waals surface area contributed by atoms with E-state index in [9.17, 15) is 26.4 Å². The Bertz CT molecular complexity index is 1020. The van der Waals surface area contributed by atoms with E-state index in [1.165, 1.54) is 40.7 Å². The summed E-state index contributed by atoms with van der Waals surface area (Å²) in [4.78, 5) is 12.4. The molecule has 0 aliphatic carbocycles. The van der Waals surface area contributed by atoms with Gasteiger partial charge in [0.2, 0.25) is 10.0 Å². The number of nitrogens with zero attached hydrogens (tertiary/aromatic N) is 1. The fourth-order valence-corrected chi connectivity index (χ4v) is 4.68. The number of alkyl halides is 3. The third-order valence-electron chi connectivity index (χ3n) is 4.23. The highest BCUT2D eigenvalue weighted by Gasteiger charge is 2.33. The fourth-order valence-electron chi connectivity index (χ4n) is 2.76. The van der Waals surface area contributed by atoms with Gasteiger partial charge in [0.1, 0.15) is 0 Å². The molecule has 2 aromatic rings. The summed E-state index contributed by atoms with van der Waals surface area (Å²) in [7, 11) is -3.80. The van der Waals surface area contributed by atoms with Gasteiger partial charge in [-0.05, 0) is 36.4 Å². The van der Waals surface area contributed by atoms with E-state index < -0.39 is 27.7 Å². The van der Waals surface area contributed by atoms with Gasteiger partial charge in [0.15, 0.2) is 0 Å². The SMILES string of the molecule is O=C(Nc1ccc(Br)c(C(F)(F)F)c1)c1cccc(S(=O)(=O)N2CCOCC2)c1. The van der Waals surface area contributed by atoms with E-state index in [4.69, 9.17) is 4.74 Å². The minimum atomic E-state index is -4.59. The molecule has 11 heteroatoms. The topological polar surface area (TPSA) is 75.7 Å². The number of hydrogen-bond donors (Lipinski definition) is 1. The lowest BCUT2D eigenvalue weighted by Gasteiger charge is -2.26. The first-order chi connectivity index (χ1) is 13.6. The molecular weight excluding hydrogens is 477 g/mol. The Morgan fingerprint density at radius 2 is 1.79 bits per heavy atom. The van der Waals surface area contributed by atoms with Gasteiger partial charge in [-0.2, -0.15) is 17.5 Å². The van der Waals surface area contributed by atoms with Crippen LogP contribution in [-0.2, 0) is 20.9 Å². The van der Waals surface area contributed by atoms with Gasteiger partial charge in [-0.25, -0.2) is 8.42 Å². The zero-order valence-electron chi connectivity index (χ0n) is 14.9. The van der Waals surface area contributed by atoms with E-state index in [1.54, 1.807) is 0 Å². The average Bonchev–Trinajstić information content (AvgIpc) is 2.69. The Kier molecular flexibility index (Phi) is 6.32. The van der Waals surface area contributed by atoms with Gasteiger partial charge < -0.3 is 10.1 Å². The van der Waals surface area contributed by atoms with Crippen molar-refractivity contribution in [2.24, 2.45) is 0 Å². The number of nitrogens with one attached hydrogen (secondary N) is 1. The highest BCUT2D eigenvalue weighted by molar-refractivity contribution is 9.10. The van der Waals surface area contributed by atoms with Gasteiger partial charge in [0, 0.05) is 28.8 Å². The molecule has 0 radical (unpaired) electrons. The van der Waals surface area contributed by atoms with E-state index in [2.05, 4.69) is 21.2 Å². The Morgan fingerprint density at radius 3 is 2.45 bits per heavy atom. The quantitative estimate of drug-likeness (QED) is 0.705. The monoisotopic (exact) mass is 492 g/mol. The maximum absolute atomic E-state index is 13.0.